The molecule has 146 valence electrons. The van der Waals surface area contributed by atoms with E-state index >= 15 is 0 Å². The van der Waals surface area contributed by atoms with Crippen LogP contribution in [0.2, 0.25) is 0 Å². The van der Waals surface area contributed by atoms with E-state index in [1.54, 1.807) is 38.3 Å². The smallest absolute Gasteiger partial charge is 0.250 e. The molecule has 2 aliphatic heterocycles. The first-order valence-electron chi connectivity index (χ1n) is 9.27. The van der Waals surface area contributed by atoms with Crippen molar-refractivity contribution in [3.8, 4) is 5.75 Å². The SMILES string of the molecule is COc1ccc(NC(=O)[C@@H]2C[C@H]([C@@H](C)O)N[C@@]23C(=O)Nc2ccccc23)cc1. The average Bonchev–Trinajstić information content (AvgIpc) is 3.23. The summed E-state index contributed by atoms with van der Waals surface area (Å²) in [5.41, 5.74) is 0.842. The van der Waals surface area contributed by atoms with Crippen molar-refractivity contribution >= 4 is 23.2 Å². The van der Waals surface area contributed by atoms with Gasteiger partial charge in [0.25, 0.3) is 0 Å². The number of amides is 2. The highest BCUT2D eigenvalue weighted by Gasteiger charge is 2.60. The van der Waals surface area contributed by atoms with E-state index in [1.165, 1.54) is 0 Å². The number of hydrogen-bond donors (Lipinski definition) is 4. The Bertz CT molecular complexity index is 912. The number of aliphatic hydroxyl groups excluding tert-OH is 1. The number of hydrogen-bond acceptors (Lipinski definition) is 5. The van der Waals surface area contributed by atoms with Gasteiger partial charge < -0.3 is 20.5 Å². The predicted molar refractivity (Wildman–Crippen MR) is 105 cm³/mol. The van der Waals surface area contributed by atoms with Gasteiger partial charge in [-0.25, -0.2) is 0 Å². The fourth-order valence-electron chi connectivity index (χ4n) is 4.18. The van der Waals surface area contributed by atoms with Crippen LogP contribution in [-0.4, -0.2) is 36.2 Å². The third-order valence-electron chi connectivity index (χ3n) is 5.64. The highest BCUT2D eigenvalue weighted by Crippen LogP contribution is 2.47. The normalized spacial score (nSPS) is 26.6. The molecule has 2 amide bonds. The van der Waals surface area contributed by atoms with Crippen molar-refractivity contribution in [3.63, 3.8) is 0 Å². The second-order valence-electron chi connectivity index (χ2n) is 7.31. The standard InChI is InChI=1S/C21H23N3O4/c1-12(25)18-11-16(19(26)22-13-7-9-14(28-2)10-8-13)21(24-18)15-5-3-4-6-17(15)23-20(21)27/h3-10,12,16,18,24-25H,11H2,1-2H3,(H,22,26)(H,23,27)/t12-,16+,18-,21-/m1/s1. The molecule has 2 aliphatic rings. The summed E-state index contributed by atoms with van der Waals surface area (Å²) in [7, 11) is 1.58. The van der Waals surface area contributed by atoms with Gasteiger partial charge in [-0.1, -0.05) is 18.2 Å². The van der Waals surface area contributed by atoms with Crippen molar-refractivity contribution in [1.29, 1.82) is 0 Å². The van der Waals surface area contributed by atoms with Crippen LogP contribution in [0.25, 0.3) is 0 Å². The molecule has 0 aliphatic carbocycles. The predicted octanol–water partition coefficient (Wildman–Crippen LogP) is 1.84. The number of aliphatic hydroxyl groups is 1. The Hall–Kier alpha value is -2.90. The van der Waals surface area contributed by atoms with Gasteiger partial charge in [-0.3, -0.25) is 14.9 Å². The lowest BCUT2D eigenvalue weighted by Gasteiger charge is -2.29. The second-order valence-corrected chi connectivity index (χ2v) is 7.31. The second kappa shape index (κ2) is 6.92. The Morgan fingerprint density at radius 3 is 2.64 bits per heavy atom. The molecule has 0 unspecified atom stereocenters. The van der Waals surface area contributed by atoms with Crippen LogP contribution in [0.5, 0.6) is 5.75 Å². The van der Waals surface area contributed by atoms with E-state index < -0.39 is 17.6 Å². The number of methoxy groups -OCH3 is 1. The minimum atomic E-state index is -1.20. The number of anilines is 2. The first kappa shape index (κ1) is 18.5. The van der Waals surface area contributed by atoms with E-state index in [4.69, 9.17) is 4.74 Å². The largest absolute Gasteiger partial charge is 0.497 e. The fourth-order valence-corrected chi connectivity index (χ4v) is 4.18. The van der Waals surface area contributed by atoms with Crippen molar-refractivity contribution in [2.24, 2.45) is 5.92 Å². The van der Waals surface area contributed by atoms with Crippen LogP contribution in [0.4, 0.5) is 11.4 Å². The van der Waals surface area contributed by atoms with Crippen molar-refractivity contribution in [1.82, 2.24) is 5.32 Å². The van der Waals surface area contributed by atoms with Crippen LogP contribution in [0.3, 0.4) is 0 Å². The molecule has 28 heavy (non-hydrogen) atoms. The van der Waals surface area contributed by atoms with Gasteiger partial charge in [0, 0.05) is 23.0 Å². The number of carbonyl (C=O) groups is 2. The lowest BCUT2D eigenvalue weighted by molar-refractivity contribution is -0.130. The van der Waals surface area contributed by atoms with Crippen LogP contribution < -0.4 is 20.7 Å². The summed E-state index contributed by atoms with van der Waals surface area (Å²) in [6.07, 6.45) is -0.349. The molecule has 0 radical (unpaired) electrons. The van der Waals surface area contributed by atoms with Crippen LogP contribution in [0, 0.1) is 5.92 Å². The summed E-state index contributed by atoms with van der Waals surface area (Å²) in [5, 5.41) is 19.2. The van der Waals surface area contributed by atoms with Crippen molar-refractivity contribution in [2.75, 3.05) is 17.7 Å². The number of carbonyl (C=O) groups excluding carboxylic acids is 2. The quantitative estimate of drug-likeness (QED) is 0.648. The van der Waals surface area contributed by atoms with E-state index in [0.29, 0.717) is 23.5 Å². The molecule has 4 rings (SSSR count). The van der Waals surface area contributed by atoms with Crippen molar-refractivity contribution < 1.29 is 19.4 Å². The van der Waals surface area contributed by atoms with Gasteiger partial charge >= 0.3 is 0 Å². The number of nitrogens with one attached hydrogen (secondary N) is 3. The maximum absolute atomic E-state index is 13.2. The molecule has 2 aromatic carbocycles. The molecule has 0 bridgehead atoms. The molecule has 7 heteroatoms. The van der Waals surface area contributed by atoms with E-state index in [-0.39, 0.29) is 17.9 Å². The topological polar surface area (TPSA) is 99.7 Å². The molecule has 1 spiro atoms. The molecule has 7 nitrogen and oxygen atoms in total. The third kappa shape index (κ3) is 2.83. The van der Waals surface area contributed by atoms with Gasteiger partial charge in [0.15, 0.2) is 0 Å². The Morgan fingerprint density at radius 2 is 1.96 bits per heavy atom. The summed E-state index contributed by atoms with van der Waals surface area (Å²) in [6, 6.07) is 14.0. The summed E-state index contributed by atoms with van der Waals surface area (Å²) in [6.45, 7) is 1.66. The van der Waals surface area contributed by atoms with Gasteiger partial charge in [-0.05, 0) is 43.7 Å². The van der Waals surface area contributed by atoms with E-state index in [2.05, 4.69) is 16.0 Å². The summed E-state index contributed by atoms with van der Waals surface area (Å²) in [5.74, 6) is -0.521. The highest BCUT2D eigenvalue weighted by molar-refractivity contribution is 6.10. The molecule has 0 saturated carbocycles. The maximum atomic E-state index is 13.2. The van der Waals surface area contributed by atoms with E-state index in [9.17, 15) is 14.7 Å². The number of fused-ring (bicyclic) bond motifs is 2. The van der Waals surface area contributed by atoms with Gasteiger partial charge in [-0.15, -0.1) is 0 Å². The molecular formula is C21H23N3O4. The molecule has 2 heterocycles. The Labute approximate surface area is 163 Å². The summed E-state index contributed by atoms with van der Waals surface area (Å²) < 4.78 is 5.14. The average molecular weight is 381 g/mol. The zero-order valence-corrected chi connectivity index (χ0v) is 15.7. The Morgan fingerprint density at radius 1 is 1.25 bits per heavy atom. The van der Waals surface area contributed by atoms with E-state index in [1.807, 2.05) is 24.3 Å². The summed E-state index contributed by atoms with van der Waals surface area (Å²) in [4.78, 5) is 26.2. The van der Waals surface area contributed by atoms with Crippen molar-refractivity contribution in [2.45, 2.75) is 31.0 Å². The third-order valence-corrected chi connectivity index (χ3v) is 5.64. The van der Waals surface area contributed by atoms with Gasteiger partial charge in [0.05, 0.1) is 19.1 Å². The lowest BCUT2D eigenvalue weighted by Crippen LogP contribution is -2.53. The molecule has 0 aromatic heterocycles. The van der Waals surface area contributed by atoms with Crippen molar-refractivity contribution in [3.05, 3.63) is 54.1 Å². The maximum Gasteiger partial charge on any atom is 0.250 e. The molecule has 1 saturated heterocycles. The number of benzene rings is 2. The fraction of sp³-hybridized carbons (Fsp3) is 0.333. The van der Waals surface area contributed by atoms with Gasteiger partial charge in [-0.2, -0.15) is 0 Å². The lowest BCUT2D eigenvalue weighted by atomic mass is 9.79. The highest BCUT2D eigenvalue weighted by atomic mass is 16.5. The monoisotopic (exact) mass is 381 g/mol. The Balaban J connectivity index is 1.69. The zero-order chi connectivity index (χ0) is 19.9. The molecule has 2 aromatic rings. The number of para-hydroxylation sites is 1. The van der Waals surface area contributed by atoms with Gasteiger partial charge in [0.2, 0.25) is 11.8 Å². The van der Waals surface area contributed by atoms with Crippen LogP contribution in [0.1, 0.15) is 18.9 Å². The molecule has 4 N–H and O–H groups in total. The first-order valence-corrected chi connectivity index (χ1v) is 9.27. The molecular weight excluding hydrogens is 358 g/mol. The van der Waals surface area contributed by atoms with Crippen LogP contribution in [0.15, 0.2) is 48.5 Å². The number of ether oxygens (including phenoxy) is 1. The molecule has 4 atom stereocenters. The molecule has 1 fully saturated rings. The minimum Gasteiger partial charge on any atom is -0.497 e. The summed E-state index contributed by atoms with van der Waals surface area (Å²) >= 11 is 0. The minimum absolute atomic E-state index is 0.271. The van der Waals surface area contributed by atoms with E-state index in [0.717, 1.165) is 5.56 Å². The first-order chi connectivity index (χ1) is 13.5. The Kier molecular flexibility index (Phi) is 4.56. The van der Waals surface area contributed by atoms with Crippen LogP contribution in [-0.2, 0) is 15.1 Å². The van der Waals surface area contributed by atoms with Gasteiger partial charge in [0.1, 0.15) is 11.3 Å². The van der Waals surface area contributed by atoms with Crippen LogP contribution >= 0.6 is 0 Å². The zero-order valence-electron chi connectivity index (χ0n) is 15.7. The number of rotatable bonds is 4.